The molecule has 1 aliphatic rings. The molecule has 0 unspecified atom stereocenters. The molecule has 0 spiro atoms. The fourth-order valence-corrected chi connectivity index (χ4v) is 4.07. The molecule has 2 rings (SSSR count). The van der Waals surface area contributed by atoms with Crippen LogP contribution in [-0.4, -0.2) is 30.8 Å². The maximum absolute atomic E-state index is 12.8. The highest BCUT2D eigenvalue weighted by Crippen LogP contribution is 2.28. The number of hydrogen-bond donors (Lipinski definition) is 1. The van der Waals surface area contributed by atoms with Gasteiger partial charge in [0.1, 0.15) is 6.04 Å². The highest BCUT2D eigenvalue weighted by molar-refractivity contribution is 7.89. The van der Waals surface area contributed by atoms with E-state index in [-0.39, 0.29) is 10.8 Å². The Labute approximate surface area is 130 Å². The molecule has 1 aliphatic heterocycles. The first-order valence-electron chi connectivity index (χ1n) is 7.08. The monoisotopic (exact) mass is 321 g/mol. The van der Waals surface area contributed by atoms with Crippen molar-refractivity contribution in [2.75, 3.05) is 0 Å². The van der Waals surface area contributed by atoms with E-state index in [2.05, 4.69) is 5.32 Å². The molecule has 1 aromatic carbocycles. The standard InChI is InChI=1S/C15H19N3O3S/c1-10(2)8-14-13(9-16)17-15(19)18(14)22(20,21)12-6-4-11(3)5-7-12/h4-7,10,13-14H,8H2,1-3H3,(H,17,19)/t13-,14-/m1/s1. The summed E-state index contributed by atoms with van der Waals surface area (Å²) in [5.74, 6) is 0.157. The molecule has 1 saturated heterocycles. The highest BCUT2D eigenvalue weighted by atomic mass is 32.2. The zero-order valence-corrected chi connectivity index (χ0v) is 13.6. The van der Waals surface area contributed by atoms with Crippen molar-refractivity contribution >= 4 is 16.1 Å². The van der Waals surface area contributed by atoms with Crippen LogP contribution in [0.1, 0.15) is 25.8 Å². The third-order valence-corrected chi connectivity index (χ3v) is 5.42. The fraction of sp³-hybridized carbons (Fsp3) is 0.467. The van der Waals surface area contributed by atoms with Crippen LogP contribution in [0, 0.1) is 24.2 Å². The number of sulfonamides is 1. The van der Waals surface area contributed by atoms with Crippen molar-refractivity contribution < 1.29 is 13.2 Å². The van der Waals surface area contributed by atoms with Crippen molar-refractivity contribution in [3.8, 4) is 6.07 Å². The van der Waals surface area contributed by atoms with Gasteiger partial charge >= 0.3 is 6.03 Å². The molecule has 1 N–H and O–H groups in total. The van der Waals surface area contributed by atoms with Crippen molar-refractivity contribution in [3.05, 3.63) is 29.8 Å². The Balaban J connectivity index is 2.45. The first-order chi connectivity index (χ1) is 10.3. The van der Waals surface area contributed by atoms with Gasteiger partial charge in [-0.2, -0.15) is 5.26 Å². The molecular formula is C15H19N3O3S. The van der Waals surface area contributed by atoms with Crippen LogP contribution in [0.5, 0.6) is 0 Å². The third kappa shape index (κ3) is 2.92. The number of amides is 2. The SMILES string of the molecule is Cc1ccc(S(=O)(=O)N2C(=O)N[C@H](C#N)[C@H]2CC(C)C)cc1. The van der Waals surface area contributed by atoms with Gasteiger partial charge in [-0.15, -0.1) is 0 Å². The molecule has 1 aromatic rings. The van der Waals surface area contributed by atoms with E-state index < -0.39 is 28.1 Å². The van der Waals surface area contributed by atoms with Gasteiger partial charge in [-0.05, 0) is 31.4 Å². The largest absolute Gasteiger partial charge is 0.332 e. The zero-order valence-electron chi connectivity index (χ0n) is 12.8. The van der Waals surface area contributed by atoms with Crippen LogP contribution in [0.3, 0.4) is 0 Å². The summed E-state index contributed by atoms with van der Waals surface area (Å²) >= 11 is 0. The minimum absolute atomic E-state index is 0.0561. The summed E-state index contributed by atoms with van der Waals surface area (Å²) < 4.78 is 26.4. The lowest BCUT2D eigenvalue weighted by atomic mass is 10.00. The van der Waals surface area contributed by atoms with Crippen molar-refractivity contribution in [1.82, 2.24) is 9.62 Å². The Hall–Kier alpha value is -2.07. The van der Waals surface area contributed by atoms with E-state index in [0.29, 0.717) is 6.42 Å². The van der Waals surface area contributed by atoms with Gasteiger partial charge < -0.3 is 5.32 Å². The normalized spacial score (nSPS) is 21.8. The Kier molecular flexibility index (Phi) is 4.42. The second-order valence-corrected chi connectivity index (χ2v) is 7.68. The molecular weight excluding hydrogens is 302 g/mol. The topological polar surface area (TPSA) is 90.3 Å². The predicted octanol–water partition coefficient (Wildman–Crippen LogP) is 2.02. The van der Waals surface area contributed by atoms with Gasteiger partial charge in [0.15, 0.2) is 0 Å². The average molecular weight is 321 g/mol. The lowest BCUT2D eigenvalue weighted by molar-refractivity contribution is 0.228. The number of carbonyl (C=O) groups excluding carboxylic acids is 1. The molecule has 1 fully saturated rings. The highest BCUT2D eigenvalue weighted by Gasteiger charge is 2.46. The van der Waals surface area contributed by atoms with E-state index in [0.717, 1.165) is 9.87 Å². The number of nitriles is 1. The summed E-state index contributed by atoms with van der Waals surface area (Å²) in [6.45, 7) is 5.70. The molecule has 1 heterocycles. The second-order valence-electron chi connectivity index (χ2n) is 5.87. The van der Waals surface area contributed by atoms with E-state index in [4.69, 9.17) is 0 Å². The van der Waals surface area contributed by atoms with Crippen LogP contribution in [0.25, 0.3) is 0 Å². The number of rotatable bonds is 4. The Bertz CT molecular complexity index is 705. The number of nitrogens with one attached hydrogen (secondary N) is 1. The molecule has 22 heavy (non-hydrogen) atoms. The fourth-order valence-electron chi connectivity index (χ4n) is 2.52. The Morgan fingerprint density at radius 1 is 1.32 bits per heavy atom. The van der Waals surface area contributed by atoms with Gasteiger partial charge in [0.2, 0.25) is 0 Å². The van der Waals surface area contributed by atoms with Gasteiger partial charge in [0.25, 0.3) is 10.0 Å². The van der Waals surface area contributed by atoms with Crippen LogP contribution < -0.4 is 5.32 Å². The van der Waals surface area contributed by atoms with E-state index in [1.807, 2.05) is 26.8 Å². The number of carbonyl (C=O) groups is 1. The number of hydrogen-bond acceptors (Lipinski definition) is 4. The van der Waals surface area contributed by atoms with Crippen LogP contribution in [0.15, 0.2) is 29.2 Å². The molecule has 0 aromatic heterocycles. The van der Waals surface area contributed by atoms with Crippen LogP contribution in [0.2, 0.25) is 0 Å². The first-order valence-corrected chi connectivity index (χ1v) is 8.52. The van der Waals surface area contributed by atoms with Crippen LogP contribution in [0.4, 0.5) is 4.79 Å². The van der Waals surface area contributed by atoms with Crippen molar-refractivity contribution in [2.45, 2.75) is 44.2 Å². The average Bonchev–Trinajstić information content (AvgIpc) is 2.75. The van der Waals surface area contributed by atoms with Crippen molar-refractivity contribution in [1.29, 1.82) is 5.26 Å². The quantitative estimate of drug-likeness (QED) is 0.918. The van der Waals surface area contributed by atoms with Crippen LogP contribution in [-0.2, 0) is 10.0 Å². The zero-order chi connectivity index (χ0) is 16.5. The number of nitrogens with zero attached hydrogens (tertiary/aromatic N) is 2. The lowest BCUT2D eigenvalue weighted by Gasteiger charge is -2.25. The molecule has 2 amide bonds. The molecule has 0 radical (unpaired) electrons. The molecule has 118 valence electrons. The molecule has 0 bridgehead atoms. The van der Waals surface area contributed by atoms with Crippen molar-refractivity contribution in [3.63, 3.8) is 0 Å². The number of benzene rings is 1. The van der Waals surface area contributed by atoms with Gasteiger partial charge in [-0.25, -0.2) is 17.5 Å². The van der Waals surface area contributed by atoms with Crippen molar-refractivity contribution in [2.24, 2.45) is 5.92 Å². The smallest absolute Gasteiger partial charge is 0.319 e. The van der Waals surface area contributed by atoms with Gasteiger partial charge in [-0.1, -0.05) is 31.5 Å². The first kappa shape index (κ1) is 16.3. The summed E-state index contributed by atoms with van der Waals surface area (Å²) in [7, 11) is -3.97. The summed E-state index contributed by atoms with van der Waals surface area (Å²) in [4.78, 5) is 12.2. The summed E-state index contributed by atoms with van der Waals surface area (Å²) in [6.07, 6.45) is 0.433. The number of urea groups is 1. The van der Waals surface area contributed by atoms with E-state index in [9.17, 15) is 18.5 Å². The summed E-state index contributed by atoms with van der Waals surface area (Å²) in [5, 5.41) is 11.6. The van der Waals surface area contributed by atoms with E-state index >= 15 is 0 Å². The predicted molar refractivity (Wildman–Crippen MR) is 81.4 cm³/mol. The van der Waals surface area contributed by atoms with Gasteiger partial charge in [0.05, 0.1) is 17.0 Å². The molecule has 6 nitrogen and oxygen atoms in total. The Morgan fingerprint density at radius 2 is 1.91 bits per heavy atom. The minimum Gasteiger partial charge on any atom is -0.319 e. The minimum atomic E-state index is -3.97. The van der Waals surface area contributed by atoms with E-state index in [1.54, 1.807) is 12.1 Å². The second kappa shape index (κ2) is 5.97. The van der Waals surface area contributed by atoms with E-state index in [1.165, 1.54) is 12.1 Å². The molecule has 2 atom stereocenters. The number of aryl methyl sites for hydroxylation is 1. The maximum atomic E-state index is 12.8. The van der Waals surface area contributed by atoms with Crippen LogP contribution >= 0.6 is 0 Å². The van der Waals surface area contributed by atoms with Gasteiger partial charge in [-0.3, -0.25) is 0 Å². The maximum Gasteiger partial charge on any atom is 0.332 e. The molecule has 7 heteroatoms. The third-order valence-electron chi connectivity index (χ3n) is 3.59. The lowest BCUT2D eigenvalue weighted by Crippen LogP contribution is -2.41. The van der Waals surface area contributed by atoms with Gasteiger partial charge in [0, 0.05) is 0 Å². The summed E-state index contributed by atoms with van der Waals surface area (Å²) in [6, 6.07) is 6.04. The summed E-state index contributed by atoms with van der Waals surface area (Å²) in [5.41, 5.74) is 0.929. The Morgan fingerprint density at radius 3 is 2.41 bits per heavy atom. The molecule has 0 saturated carbocycles. The molecule has 0 aliphatic carbocycles.